The molecule has 0 bridgehead atoms. The third-order valence-corrected chi connectivity index (χ3v) is 4.58. The molecule has 0 atom stereocenters. The number of pyridine rings is 2. The molecule has 3 aromatic rings. The van der Waals surface area contributed by atoms with Crippen molar-refractivity contribution in [3.8, 4) is 0 Å². The molecule has 3 aromatic heterocycles. The Balaban J connectivity index is 1.72. The zero-order valence-corrected chi connectivity index (χ0v) is 14.8. The minimum atomic E-state index is -0.258. The molecule has 1 saturated heterocycles. The summed E-state index contributed by atoms with van der Waals surface area (Å²) >= 11 is 0. The fraction of sp³-hybridized carbons (Fsp3) is 0.278. The molecule has 1 aliphatic rings. The predicted molar refractivity (Wildman–Crippen MR) is 102 cm³/mol. The Morgan fingerprint density at radius 3 is 2.78 bits per heavy atom. The number of fused-ring (bicyclic) bond motifs is 1. The summed E-state index contributed by atoms with van der Waals surface area (Å²) in [6.07, 6.45) is 4.72. The molecule has 9 heteroatoms. The lowest BCUT2D eigenvalue weighted by atomic mass is 10.2. The highest BCUT2D eigenvalue weighted by Gasteiger charge is 2.21. The van der Waals surface area contributed by atoms with Gasteiger partial charge in [0.25, 0.3) is 5.56 Å². The second kappa shape index (κ2) is 7.02. The molecule has 1 aliphatic heterocycles. The maximum absolute atomic E-state index is 12.3. The molecule has 0 aromatic carbocycles. The van der Waals surface area contributed by atoms with Crippen molar-refractivity contribution in [2.45, 2.75) is 6.92 Å². The summed E-state index contributed by atoms with van der Waals surface area (Å²) in [4.78, 5) is 43.4. The predicted octanol–water partition coefficient (Wildman–Crippen LogP) is 1.13. The van der Waals surface area contributed by atoms with Crippen LogP contribution in [0.2, 0.25) is 0 Å². The zero-order chi connectivity index (χ0) is 18.8. The first-order valence-corrected chi connectivity index (χ1v) is 8.68. The second-order valence-corrected chi connectivity index (χ2v) is 6.31. The molecule has 0 radical (unpaired) electrons. The van der Waals surface area contributed by atoms with Crippen LogP contribution in [0, 0.1) is 0 Å². The van der Waals surface area contributed by atoms with E-state index in [1.165, 1.54) is 6.33 Å². The molecule has 9 nitrogen and oxygen atoms in total. The van der Waals surface area contributed by atoms with Gasteiger partial charge in [-0.15, -0.1) is 0 Å². The van der Waals surface area contributed by atoms with Crippen LogP contribution in [0.4, 0.5) is 17.3 Å². The van der Waals surface area contributed by atoms with E-state index in [1.54, 1.807) is 25.4 Å². The summed E-state index contributed by atoms with van der Waals surface area (Å²) in [6.45, 7) is 4.21. The molecule has 4 rings (SSSR count). The van der Waals surface area contributed by atoms with E-state index in [0.29, 0.717) is 42.9 Å². The highest BCUT2D eigenvalue weighted by Crippen LogP contribution is 2.25. The van der Waals surface area contributed by atoms with E-state index >= 15 is 0 Å². The number of nitrogens with zero attached hydrogens (tertiary/aromatic N) is 5. The van der Waals surface area contributed by atoms with E-state index in [-0.39, 0.29) is 11.5 Å². The number of hydrogen-bond acceptors (Lipinski definition) is 7. The number of carbonyl (C=O) groups excluding carboxylic acids is 1. The van der Waals surface area contributed by atoms with Gasteiger partial charge in [-0.1, -0.05) is 0 Å². The molecular formula is C18H19N7O2. The molecule has 27 heavy (non-hydrogen) atoms. The normalized spacial score (nSPS) is 14.4. The van der Waals surface area contributed by atoms with Gasteiger partial charge in [0.05, 0.1) is 23.7 Å². The van der Waals surface area contributed by atoms with E-state index < -0.39 is 0 Å². The lowest BCUT2D eigenvalue weighted by Crippen LogP contribution is -2.48. The number of nitrogens with one attached hydrogen (secondary N) is 2. The van der Waals surface area contributed by atoms with Crippen molar-refractivity contribution in [1.82, 2.24) is 24.8 Å². The number of H-pyrrole nitrogens is 1. The Morgan fingerprint density at radius 2 is 2.07 bits per heavy atom. The summed E-state index contributed by atoms with van der Waals surface area (Å²) in [6, 6.07) is 5.46. The maximum atomic E-state index is 12.3. The van der Waals surface area contributed by atoms with Gasteiger partial charge in [-0.25, -0.2) is 9.97 Å². The van der Waals surface area contributed by atoms with E-state index in [1.807, 2.05) is 17.0 Å². The van der Waals surface area contributed by atoms with Crippen LogP contribution in [0.15, 0.2) is 41.7 Å². The quantitative estimate of drug-likeness (QED) is 0.716. The first kappa shape index (κ1) is 17.0. The number of rotatable bonds is 3. The van der Waals surface area contributed by atoms with E-state index in [9.17, 15) is 9.59 Å². The van der Waals surface area contributed by atoms with Gasteiger partial charge in [0, 0.05) is 45.4 Å². The average molecular weight is 365 g/mol. The van der Waals surface area contributed by atoms with Crippen LogP contribution in [0.25, 0.3) is 10.9 Å². The molecule has 2 N–H and O–H groups in total. The molecule has 138 valence electrons. The molecule has 0 aliphatic carbocycles. The fourth-order valence-corrected chi connectivity index (χ4v) is 3.15. The molecule has 0 saturated carbocycles. The van der Waals surface area contributed by atoms with Crippen molar-refractivity contribution in [1.29, 1.82) is 0 Å². The Kier molecular flexibility index (Phi) is 4.41. The van der Waals surface area contributed by atoms with Gasteiger partial charge >= 0.3 is 0 Å². The van der Waals surface area contributed by atoms with Crippen LogP contribution in [-0.2, 0) is 4.79 Å². The average Bonchev–Trinajstić information content (AvgIpc) is 2.68. The van der Waals surface area contributed by atoms with E-state index in [0.717, 1.165) is 11.5 Å². The van der Waals surface area contributed by atoms with E-state index in [2.05, 4.69) is 30.2 Å². The molecule has 0 unspecified atom stereocenters. The minimum absolute atomic E-state index is 0.0771. The van der Waals surface area contributed by atoms with Crippen LogP contribution in [0.1, 0.15) is 6.92 Å². The zero-order valence-electron chi connectivity index (χ0n) is 14.8. The van der Waals surface area contributed by atoms with Gasteiger partial charge in [0.15, 0.2) is 0 Å². The SMILES string of the molecule is CC(=O)N1CCN(c2cc3nc[nH]c(=O)c3c(Nc3cccnc3)n2)CC1. The van der Waals surface area contributed by atoms with Gasteiger partial charge in [-0.05, 0) is 12.1 Å². The molecule has 0 spiro atoms. The van der Waals surface area contributed by atoms with Gasteiger partial charge in [0.1, 0.15) is 17.0 Å². The number of anilines is 3. The molecule has 4 heterocycles. The highest BCUT2D eigenvalue weighted by molar-refractivity contribution is 5.92. The third-order valence-electron chi connectivity index (χ3n) is 4.58. The topological polar surface area (TPSA) is 107 Å². The van der Waals surface area contributed by atoms with Gasteiger partial charge in [-0.3, -0.25) is 14.6 Å². The van der Waals surface area contributed by atoms with Crippen molar-refractivity contribution in [3.05, 3.63) is 47.3 Å². The number of piperazine rings is 1. The fourth-order valence-electron chi connectivity index (χ4n) is 3.15. The summed E-state index contributed by atoms with van der Waals surface area (Å²) in [5.74, 6) is 1.22. The second-order valence-electron chi connectivity index (χ2n) is 6.31. The molecule has 1 amide bonds. The Bertz CT molecular complexity index is 1030. The van der Waals surface area contributed by atoms with Crippen LogP contribution < -0.4 is 15.8 Å². The summed E-state index contributed by atoms with van der Waals surface area (Å²) in [7, 11) is 0. The highest BCUT2D eigenvalue weighted by atomic mass is 16.2. The lowest BCUT2D eigenvalue weighted by Gasteiger charge is -2.35. The third kappa shape index (κ3) is 3.43. The number of aromatic amines is 1. The summed E-state index contributed by atoms with van der Waals surface area (Å²) in [5, 5.41) is 3.57. The molecule has 1 fully saturated rings. The summed E-state index contributed by atoms with van der Waals surface area (Å²) < 4.78 is 0. The standard InChI is InChI=1S/C18H19N7O2/c1-12(26)24-5-7-25(8-6-24)15-9-14-16(18(27)21-11-20-14)17(23-15)22-13-3-2-4-19-10-13/h2-4,9-11H,5-8H2,1H3,(H,22,23)(H,20,21,27). The van der Waals surface area contributed by atoms with Crippen molar-refractivity contribution in [2.75, 3.05) is 36.4 Å². The van der Waals surface area contributed by atoms with Crippen LogP contribution >= 0.6 is 0 Å². The first-order valence-electron chi connectivity index (χ1n) is 8.68. The largest absolute Gasteiger partial charge is 0.353 e. The van der Waals surface area contributed by atoms with Gasteiger partial charge in [0.2, 0.25) is 5.91 Å². The van der Waals surface area contributed by atoms with Crippen LogP contribution in [0.3, 0.4) is 0 Å². The Morgan fingerprint density at radius 1 is 1.26 bits per heavy atom. The van der Waals surface area contributed by atoms with Crippen molar-refractivity contribution < 1.29 is 4.79 Å². The summed E-state index contributed by atoms with van der Waals surface area (Å²) in [5.41, 5.74) is 1.03. The Hall–Kier alpha value is -3.49. The van der Waals surface area contributed by atoms with Crippen molar-refractivity contribution >= 4 is 34.1 Å². The Labute approximate surface area is 155 Å². The number of hydrogen-bond donors (Lipinski definition) is 2. The van der Waals surface area contributed by atoms with Gasteiger partial charge in [-0.2, -0.15) is 0 Å². The van der Waals surface area contributed by atoms with Gasteiger partial charge < -0.3 is 20.1 Å². The minimum Gasteiger partial charge on any atom is -0.353 e. The maximum Gasteiger partial charge on any atom is 0.262 e. The van der Waals surface area contributed by atoms with Crippen molar-refractivity contribution in [3.63, 3.8) is 0 Å². The first-order chi connectivity index (χ1) is 13.1. The lowest BCUT2D eigenvalue weighted by molar-refractivity contribution is -0.129. The van der Waals surface area contributed by atoms with Crippen LogP contribution in [0.5, 0.6) is 0 Å². The number of aromatic nitrogens is 4. The van der Waals surface area contributed by atoms with Crippen molar-refractivity contribution in [2.24, 2.45) is 0 Å². The van der Waals surface area contributed by atoms with E-state index in [4.69, 9.17) is 0 Å². The smallest absolute Gasteiger partial charge is 0.262 e. The van der Waals surface area contributed by atoms with Crippen LogP contribution in [-0.4, -0.2) is 56.9 Å². The number of carbonyl (C=O) groups is 1. The molecular weight excluding hydrogens is 346 g/mol. The number of amides is 1. The monoisotopic (exact) mass is 365 g/mol.